The number of aryl methyl sites for hydroxylation is 1. The summed E-state index contributed by atoms with van der Waals surface area (Å²) in [7, 11) is 2.77. The minimum absolute atomic E-state index is 0.0175. The van der Waals surface area contributed by atoms with Gasteiger partial charge in [-0.15, -0.1) is 0 Å². The Labute approximate surface area is 140 Å². The van der Waals surface area contributed by atoms with Crippen LogP contribution in [0.1, 0.15) is 45.6 Å². The maximum atomic E-state index is 12.3. The molecule has 0 saturated carbocycles. The van der Waals surface area contributed by atoms with E-state index < -0.39 is 34.7 Å². The third-order valence-corrected chi connectivity index (χ3v) is 3.21. The number of esters is 2. The van der Waals surface area contributed by atoms with Gasteiger partial charge in [0.1, 0.15) is 5.60 Å². The van der Waals surface area contributed by atoms with Crippen LogP contribution >= 0.6 is 0 Å². The first-order chi connectivity index (χ1) is 11.0. The summed E-state index contributed by atoms with van der Waals surface area (Å²) in [6.07, 6.45) is 0.917. The van der Waals surface area contributed by atoms with E-state index in [-0.39, 0.29) is 18.6 Å². The number of rotatable bonds is 5. The second kappa shape index (κ2) is 7.46. The topological polar surface area (TPSA) is 96.6 Å². The first kappa shape index (κ1) is 19.7. The number of hydrogen-bond acceptors (Lipinski definition) is 6. The number of ether oxygens (including phenoxy) is 2. The number of carbonyl (C=O) groups excluding carboxylic acids is 2. The number of carbonyl (C=O) groups is 2. The van der Waals surface area contributed by atoms with Crippen molar-refractivity contribution < 1.29 is 19.1 Å². The Bertz CT molecular complexity index is 738. The molecule has 0 spiro atoms. The molecule has 8 nitrogen and oxygen atoms in total. The van der Waals surface area contributed by atoms with E-state index in [1.54, 1.807) is 27.7 Å². The Morgan fingerprint density at radius 2 is 1.79 bits per heavy atom. The van der Waals surface area contributed by atoms with Crippen LogP contribution in [0.3, 0.4) is 0 Å². The van der Waals surface area contributed by atoms with Gasteiger partial charge in [0, 0.05) is 25.9 Å². The van der Waals surface area contributed by atoms with Crippen LogP contribution < -0.4 is 11.2 Å². The predicted molar refractivity (Wildman–Crippen MR) is 86.8 cm³/mol. The molecule has 0 aliphatic carbocycles. The van der Waals surface area contributed by atoms with E-state index >= 15 is 0 Å². The summed E-state index contributed by atoms with van der Waals surface area (Å²) in [4.78, 5) is 48.5. The van der Waals surface area contributed by atoms with Crippen LogP contribution in [0.2, 0.25) is 0 Å². The molecular weight excluding hydrogens is 316 g/mol. The van der Waals surface area contributed by atoms with Crippen molar-refractivity contribution in [3.05, 3.63) is 32.6 Å². The summed E-state index contributed by atoms with van der Waals surface area (Å²) in [6, 6.07) is 0. The zero-order valence-corrected chi connectivity index (χ0v) is 14.9. The maximum Gasteiger partial charge on any atom is 0.330 e. The van der Waals surface area contributed by atoms with Gasteiger partial charge in [0.25, 0.3) is 5.56 Å². The SMILES string of the molecule is CCOC(=O)[C@H](CC(=O)OC(C)(C)C)c1cn(C)c(=O)n(C)c1=O. The predicted octanol–water partition coefficient (Wildman–Crippen LogP) is 0.463. The van der Waals surface area contributed by atoms with E-state index in [1.807, 2.05) is 0 Å². The van der Waals surface area contributed by atoms with Crippen LogP contribution in [0.25, 0.3) is 0 Å². The van der Waals surface area contributed by atoms with Gasteiger partial charge in [0.2, 0.25) is 0 Å². The van der Waals surface area contributed by atoms with Crippen molar-refractivity contribution >= 4 is 11.9 Å². The van der Waals surface area contributed by atoms with E-state index in [1.165, 1.54) is 24.9 Å². The van der Waals surface area contributed by atoms with Gasteiger partial charge in [-0.2, -0.15) is 0 Å². The van der Waals surface area contributed by atoms with Gasteiger partial charge in [-0.1, -0.05) is 0 Å². The minimum atomic E-state index is -1.13. The fraction of sp³-hybridized carbons (Fsp3) is 0.625. The van der Waals surface area contributed by atoms with E-state index in [2.05, 4.69) is 0 Å². The molecule has 0 N–H and O–H groups in total. The largest absolute Gasteiger partial charge is 0.466 e. The van der Waals surface area contributed by atoms with Crippen LogP contribution in [0.15, 0.2) is 15.8 Å². The zero-order valence-electron chi connectivity index (χ0n) is 14.9. The fourth-order valence-electron chi connectivity index (χ4n) is 2.19. The highest BCUT2D eigenvalue weighted by Gasteiger charge is 2.31. The standard InChI is InChI=1S/C16H24N2O6/c1-7-23-14(21)10(8-12(19)24-16(2,3)4)11-9-17(5)15(22)18(6)13(11)20/h9-10H,7-8H2,1-6H3/t10-/m1/s1. The molecule has 1 heterocycles. The molecule has 24 heavy (non-hydrogen) atoms. The van der Waals surface area contributed by atoms with Gasteiger partial charge in [0.15, 0.2) is 0 Å². The normalized spacial score (nSPS) is 12.6. The second-order valence-corrected chi connectivity index (χ2v) is 6.44. The van der Waals surface area contributed by atoms with Gasteiger partial charge in [0.05, 0.1) is 18.9 Å². The summed E-state index contributed by atoms with van der Waals surface area (Å²) in [6.45, 7) is 6.84. The Kier molecular flexibility index (Phi) is 6.11. The fourth-order valence-corrected chi connectivity index (χ4v) is 2.19. The zero-order chi connectivity index (χ0) is 18.7. The van der Waals surface area contributed by atoms with Crippen molar-refractivity contribution in [3.63, 3.8) is 0 Å². The van der Waals surface area contributed by atoms with E-state index in [0.29, 0.717) is 0 Å². The third kappa shape index (κ3) is 4.81. The Morgan fingerprint density at radius 3 is 2.29 bits per heavy atom. The first-order valence-electron chi connectivity index (χ1n) is 7.63. The molecule has 0 aliphatic heterocycles. The lowest BCUT2D eigenvalue weighted by Crippen LogP contribution is -2.40. The molecule has 0 saturated heterocycles. The first-order valence-corrected chi connectivity index (χ1v) is 7.63. The Hall–Kier alpha value is -2.38. The molecule has 0 fully saturated rings. The minimum Gasteiger partial charge on any atom is -0.466 e. The lowest BCUT2D eigenvalue weighted by Gasteiger charge is -2.22. The number of hydrogen-bond donors (Lipinski definition) is 0. The van der Waals surface area contributed by atoms with E-state index in [4.69, 9.17) is 9.47 Å². The molecule has 0 unspecified atom stereocenters. The molecule has 0 aliphatic rings. The van der Waals surface area contributed by atoms with Gasteiger partial charge in [-0.25, -0.2) is 4.79 Å². The Morgan fingerprint density at radius 1 is 1.21 bits per heavy atom. The number of aromatic nitrogens is 2. The summed E-state index contributed by atoms with van der Waals surface area (Å²) in [5, 5.41) is 0. The maximum absolute atomic E-state index is 12.3. The van der Waals surface area contributed by atoms with Gasteiger partial charge >= 0.3 is 17.6 Å². The smallest absolute Gasteiger partial charge is 0.330 e. The van der Waals surface area contributed by atoms with E-state index in [0.717, 1.165) is 4.57 Å². The highest BCUT2D eigenvalue weighted by Crippen LogP contribution is 2.20. The monoisotopic (exact) mass is 340 g/mol. The summed E-state index contributed by atoms with van der Waals surface area (Å²) >= 11 is 0. The molecule has 0 radical (unpaired) electrons. The molecule has 1 rings (SSSR count). The second-order valence-electron chi connectivity index (χ2n) is 6.44. The molecular formula is C16H24N2O6. The molecule has 0 amide bonds. The average molecular weight is 340 g/mol. The molecule has 0 bridgehead atoms. The summed E-state index contributed by atoms with van der Waals surface area (Å²) in [5.74, 6) is -2.47. The van der Waals surface area contributed by atoms with Gasteiger partial charge in [-0.3, -0.25) is 19.0 Å². The van der Waals surface area contributed by atoms with Crippen LogP contribution in [0.4, 0.5) is 0 Å². The van der Waals surface area contributed by atoms with Crippen LogP contribution in [0.5, 0.6) is 0 Å². The quantitative estimate of drug-likeness (QED) is 0.723. The van der Waals surface area contributed by atoms with E-state index in [9.17, 15) is 19.2 Å². The average Bonchev–Trinajstić information content (AvgIpc) is 2.45. The van der Waals surface area contributed by atoms with Crippen molar-refractivity contribution in [2.45, 2.75) is 45.6 Å². The molecule has 134 valence electrons. The van der Waals surface area contributed by atoms with Gasteiger partial charge < -0.3 is 14.0 Å². The van der Waals surface area contributed by atoms with Crippen LogP contribution in [-0.4, -0.2) is 33.3 Å². The van der Waals surface area contributed by atoms with Crippen molar-refractivity contribution in [3.8, 4) is 0 Å². The molecule has 1 atom stereocenters. The van der Waals surface area contributed by atoms with Crippen LogP contribution in [0, 0.1) is 0 Å². The number of nitrogens with zero attached hydrogens (tertiary/aromatic N) is 2. The van der Waals surface area contributed by atoms with Crippen molar-refractivity contribution in [2.24, 2.45) is 14.1 Å². The summed E-state index contributed by atoms with van der Waals surface area (Å²) < 4.78 is 12.3. The third-order valence-electron chi connectivity index (χ3n) is 3.21. The van der Waals surface area contributed by atoms with Crippen LogP contribution in [-0.2, 0) is 33.2 Å². The molecule has 8 heteroatoms. The van der Waals surface area contributed by atoms with Gasteiger partial charge in [-0.05, 0) is 27.7 Å². The lowest BCUT2D eigenvalue weighted by atomic mass is 9.98. The Balaban J connectivity index is 3.31. The lowest BCUT2D eigenvalue weighted by molar-refractivity contribution is -0.159. The van der Waals surface area contributed by atoms with Crippen molar-refractivity contribution in [1.82, 2.24) is 9.13 Å². The van der Waals surface area contributed by atoms with Crippen molar-refractivity contribution in [2.75, 3.05) is 6.61 Å². The highest BCUT2D eigenvalue weighted by molar-refractivity contribution is 5.84. The summed E-state index contributed by atoms with van der Waals surface area (Å²) in [5.41, 5.74) is -1.86. The highest BCUT2D eigenvalue weighted by atomic mass is 16.6. The molecule has 1 aromatic heterocycles. The molecule has 0 aromatic carbocycles. The van der Waals surface area contributed by atoms with Crippen molar-refractivity contribution in [1.29, 1.82) is 0 Å². The molecule has 1 aromatic rings.